The van der Waals surface area contributed by atoms with Crippen molar-refractivity contribution in [1.29, 1.82) is 0 Å². The monoisotopic (exact) mass is 595 g/mol. The van der Waals surface area contributed by atoms with E-state index in [2.05, 4.69) is 31.9 Å². The van der Waals surface area contributed by atoms with Crippen LogP contribution in [0.15, 0.2) is 90.0 Å². The Morgan fingerprint density at radius 2 is 1.67 bits per heavy atom. The third kappa shape index (κ3) is 8.17. The highest BCUT2D eigenvalue weighted by molar-refractivity contribution is 7.89. The molecule has 2 atom stereocenters. The highest BCUT2D eigenvalue weighted by Gasteiger charge is 2.28. The predicted molar refractivity (Wildman–Crippen MR) is 157 cm³/mol. The molecule has 3 N–H and O–H groups in total. The van der Waals surface area contributed by atoms with Gasteiger partial charge in [0.1, 0.15) is 11.8 Å². The van der Waals surface area contributed by atoms with E-state index in [0.29, 0.717) is 23.0 Å². The number of esters is 1. The summed E-state index contributed by atoms with van der Waals surface area (Å²) in [4.78, 5) is 28.1. The summed E-state index contributed by atoms with van der Waals surface area (Å²) in [6, 6.07) is 21.5. The summed E-state index contributed by atoms with van der Waals surface area (Å²) in [5.41, 5.74) is 2.22. The lowest BCUT2D eigenvalue weighted by molar-refractivity contribution is -0.159. The van der Waals surface area contributed by atoms with Gasteiger partial charge in [-0.05, 0) is 68.0 Å². The van der Waals surface area contributed by atoms with Crippen molar-refractivity contribution in [3.8, 4) is 5.75 Å². The summed E-state index contributed by atoms with van der Waals surface area (Å²) < 4.78 is 53.1. The van der Waals surface area contributed by atoms with E-state index in [9.17, 15) is 22.4 Å². The topological polar surface area (TPSA) is 127 Å². The number of H-pyrrole nitrogens is 1. The lowest BCUT2D eigenvalue weighted by Gasteiger charge is -2.20. The van der Waals surface area contributed by atoms with Gasteiger partial charge in [-0.2, -0.15) is 9.11 Å². The molecule has 0 aliphatic rings. The number of ether oxygens (including phenoxy) is 2. The number of sulfonamides is 1. The summed E-state index contributed by atoms with van der Waals surface area (Å²) in [5.74, 6) is -1.54. The fourth-order valence-electron chi connectivity index (χ4n) is 4.53. The number of unbranched alkanes of at least 4 members (excludes halogenated alkanes) is 1. The molecule has 0 aliphatic carbocycles. The summed E-state index contributed by atoms with van der Waals surface area (Å²) in [7, 11) is -4.02. The lowest BCUT2D eigenvalue weighted by atomic mass is 10.0. The second kappa shape index (κ2) is 14.6. The molecule has 0 saturated carbocycles. The molecule has 1 aromatic heterocycles. The molecule has 0 saturated heterocycles. The van der Waals surface area contributed by atoms with Crippen molar-refractivity contribution in [3.63, 3.8) is 0 Å². The molecule has 0 aliphatic heterocycles. The van der Waals surface area contributed by atoms with E-state index in [1.54, 1.807) is 43.5 Å². The van der Waals surface area contributed by atoms with E-state index in [1.807, 2.05) is 18.2 Å². The van der Waals surface area contributed by atoms with Crippen molar-refractivity contribution < 1.29 is 31.9 Å². The number of alkyl halides is 1. The number of nitrogens with one attached hydrogen (secondary N) is 3. The molecule has 0 bridgehead atoms. The predicted octanol–water partition coefficient (Wildman–Crippen LogP) is 4.43. The first-order valence-electron chi connectivity index (χ1n) is 13.7. The lowest BCUT2D eigenvalue weighted by Crippen LogP contribution is -2.48. The van der Waals surface area contributed by atoms with E-state index in [0.717, 1.165) is 19.3 Å². The zero-order valence-electron chi connectivity index (χ0n) is 23.2. The maximum absolute atomic E-state index is 14.3. The molecule has 0 radical (unpaired) electrons. The standard InChI is InChI=1S/C31H34FN3O6S/c1-2-40-31(37)29(32)41-27-17-16-23(25-18-20-33-28(25)27)21-26(35-42(38,39)24-14-7-4-8-15-24)30(36)34-19-10-9-13-22-11-5-3-6-12-22/h3-8,11-12,14-18,20,26,29,33,35H,2,9-10,13,19,21H2,1H3,(H,34,36). The number of aryl methyl sites for hydroxylation is 1. The molecule has 4 rings (SSSR count). The number of carbonyl (C=O) groups is 2. The Balaban J connectivity index is 1.50. The van der Waals surface area contributed by atoms with Crippen molar-refractivity contribution in [2.24, 2.45) is 0 Å². The molecule has 11 heteroatoms. The van der Waals surface area contributed by atoms with Gasteiger partial charge in [-0.3, -0.25) is 4.79 Å². The summed E-state index contributed by atoms with van der Waals surface area (Å²) >= 11 is 0. The molecular formula is C31H34FN3O6S. The number of carbonyl (C=O) groups excluding carboxylic acids is 2. The Bertz CT molecular complexity index is 1580. The van der Waals surface area contributed by atoms with Crippen molar-refractivity contribution in [3.05, 3.63) is 96.2 Å². The fraction of sp³-hybridized carbons (Fsp3) is 0.290. The normalized spacial score (nSPS) is 12.9. The number of hydrogen-bond donors (Lipinski definition) is 3. The smallest absolute Gasteiger partial charge is 0.381 e. The summed E-state index contributed by atoms with van der Waals surface area (Å²) in [6.07, 6.45) is 1.74. The van der Waals surface area contributed by atoms with Crippen LogP contribution in [0.5, 0.6) is 5.75 Å². The van der Waals surface area contributed by atoms with Gasteiger partial charge in [0, 0.05) is 18.1 Å². The van der Waals surface area contributed by atoms with E-state index >= 15 is 0 Å². The molecule has 0 spiro atoms. The van der Waals surface area contributed by atoms with Gasteiger partial charge in [0.25, 0.3) is 0 Å². The Hall–Kier alpha value is -4.22. The first kappa shape index (κ1) is 30.7. The average molecular weight is 596 g/mol. The average Bonchev–Trinajstić information content (AvgIpc) is 3.50. The van der Waals surface area contributed by atoms with Gasteiger partial charge in [0.2, 0.25) is 15.9 Å². The second-order valence-corrected chi connectivity index (χ2v) is 11.3. The van der Waals surface area contributed by atoms with Gasteiger partial charge >= 0.3 is 12.3 Å². The van der Waals surface area contributed by atoms with Crippen LogP contribution in [-0.4, -0.2) is 50.8 Å². The molecule has 222 valence electrons. The second-order valence-electron chi connectivity index (χ2n) is 9.60. The molecular weight excluding hydrogens is 561 g/mol. The number of rotatable bonds is 15. The summed E-state index contributed by atoms with van der Waals surface area (Å²) in [6.45, 7) is 1.95. The van der Waals surface area contributed by atoms with Gasteiger partial charge in [-0.1, -0.05) is 54.6 Å². The zero-order chi connectivity index (χ0) is 30.0. The third-order valence-electron chi connectivity index (χ3n) is 6.60. The molecule has 3 aromatic carbocycles. The zero-order valence-corrected chi connectivity index (χ0v) is 24.0. The van der Waals surface area contributed by atoms with E-state index < -0.39 is 34.3 Å². The largest absolute Gasteiger partial charge is 0.461 e. The number of aromatic amines is 1. The minimum absolute atomic E-state index is 0.00742. The van der Waals surface area contributed by atoms with Gasteiger partial charge < -0.3 is 19.8 Å². The van der Waals surface area contributed by atoms with Crippen LogP contribution in [0.3, 0.4) is 0 Å². The SMILES string of the molecule is CCOC(=O)C(F)Oc1ccc(CC(NS(=O)(=O)c2ccccc2)C(=O)NCCCCc2ccccc2)c2cc[nH]c12. The highest BCUT2D eigenvalue weighted by Crippen LogP contribution is 2.29. The highest BCUT2D eigenvalue weighted by atomic mass is 32.2. The number of benzene rings is 3. The Morgan fingerprint density at radius 3 is 2.38 bits per heavy atom. The van der Waals surface area contributed by atoms with Crippen LogP contribution >= 0.6 is 0 Å². The van der Waals surface area contributed by atoms with Crippen molar-refractivity contribution >= 4 is 32.8 Å². The Kier molecular flexibility index (Phi) is 10.7. The molecule has 4 aromatic rings. The molecule has 1 heterocycles. The van der Waals surface area contributed by atoms with Gasteiger partial charge in [-0.25, -0.2) is 13.2 Å². The number of amides is 1. The van der Waals surface area contributed by atoms with E-state index in [-0.39, 0.29) is 23.7 Å². The minimum atomic E-state index is -4.02. The van der Waals surface area contributed by atoms with Crippen molar-refractivity contribution in [2.75, 3.05) is 13.2 Å². The van der Waals surface area contributed by atoms with Crippen LogP contribution < -0.4 is 14.8 Å². The van der Waals surface area contributed by atoms with Crippen molar-refractivity contribution in [1.82, 2.24) is 15.0 Å². The quantitative estimate of drug-likeness (QED) is 0.138. The third-order valence-corrected chi connectivity index (χ3v) is 8.09. The number of fused-ring (bicyclic) bond motifs is 1. The summed E-state index contributed by atoms with van der Waals surface area (Å²) in [5, 5.41) is 3.45. The van der Waals surface area contributed by atoms with Crippen LogP contribution in [0.2, 0.25) is 0 Å². The molecule has 1 amide bonds. The van der Waals surface area contributed by atoms with Crippen LogP contribution in [0.25, 0.3) is 10.9 Å². The number of halogens is 1. The van der Waals surface area contributed by atoms with E-state index in [1.165, 1.54) is 23.8 Å². The van der Waals surface area contributed by atoms with Gasteiger partial charge in [-0.15, -0.1) is 0 Å². The first-order valence-corrected chi connectivity index (χ1v) is 15.2. The maximum atomic E-state index is 14.3. The van der Waals surface area contributed by atoms with Crippen LogP contribution in [-0.2, 0) is 37.2 Å². The number of hydrogen-bond acceptors (Lipinski definition) is 6. The van der Waals surface area contributed by atoms with Gasteiger partial charge in [0.05, 0.1) is 17.0 Å². The van der Waals surface area contributed by atoms with Crippen LogP contribution in [0, 0.1) is 0 Å². The first-order chi connectivity index (χ1) is 20.3. The minimum Gasteiger partial charge on any atom is -0.461 e. The Labute approximate surface area is 244 Å². The molecule has 2 unspecified atom stereocenters. The van der Waals surface area contributed by atoms with Gasteiger partial charge in [0.15, 0.2) is 0 Å². The maximum Gasteiger partial charge on any atom is 0.381 e. The molecule has 42 heavy (non-hydrogen) atoms. The fourth-order valence-corrected chi connectivity index (χ4v) is 5.75. The molecule has 0 fully saturated rings. The van der Waals surface area contributed by atoms with Crippen LogP contribution in [0.4, 0.5) is 4.39 Å². The van der Waals surface area contributed by atoms with Crippen molar-refractivity contribution in [2.45, 2.75) is 49.9 Å². The Morgan fingerprint density at radius 1 is 0.952 bits per heavy atom. The van der Waals surface area contributed by atoms with Crippen LogP contribution in [0.1, 0.15) is 30.9 Å². The van der Waals surface area contributed by atoms with E-state index in [4.69, 9.17) is 4.74 Å². The molecule has 9 nitrogen and oxygen atoms in total. The number of aromatic nitrogens is 1.